The summed E-state index contributed by atoms with van der Waals surface area (Å²) in [5, 5.41) is 12.8. The van der Waals surface area contributed by atoms with Gasteiger partial charge in [-0.15, -0.1) is 12.4 Å². The van der Waals surface area contributed by atoms with Crippen LogP contribution in [0.2, 0.25) is 0 Å². The normalized spacial score (nSPS) is 42.8. The molecule has 2 fully saturated rings. The van der Waals surface area contributed by atoms with E-state index >= 15 is 0 Å². The molecule has 3 atom stereocenters. The molecule has 1 aliphatic heterocycles. The fourth-order valence-electron chi connectivity index (χ4n) is 2.34. The Morgan fingerprint density at radius 1 is 1.18 bits per heavy atom. The molecule has 1 saturated carbocycles. The number of aliphatic hydroxyl groups excluding tert-OH is 1. The van der Waals surface area contributed by atoms with Gasteiger partial charge in [0.2, 0.25) is 0 Å². The highest BCUT2D eigenvalue weighted by Crippen LogP contribution is 2.35. The van der Waals surface area contributed by atoms with E-state index in [1.807, 2.05) is 0 Å². The van der Waals surface area contributed by atoms with Crippen LogP contribution < -0.4 is 5.32 Å². The summed E-state index contributed by atoms with van der Waals surface area (Å²) in [6, 6.07) is 0. The lowest BCUT2D eigenvalue weighted by Crippen LogP contribution is -2.38. The van der Waals surface area contributed by atoms with Crippen molar-refractivity contribution in [3.05, 3.63) is 0 Å². The van der Waals surface area contributed by atoms with E-state index < -0.39 is 0 Å². The summed E-state index contributed by atoms with van der Waals surface area (Å²) in [5.74, 6) is 1.41. The number of aliphatic hydroxyl groups is 1. The molecule has 0 aromatic carbocycles. The summed E-state index contributed by atoms with van der Waals surface area (Å²) in [7, 11) is 0. The fourth-order valence-corrected chi connectivity index (χ4v) is 2.34. The molecule has 3 heteroatoms. The molecule has 2 nitrogen and oxygen atoms in total. The first-order valence-corrected chi connectivity index (χ1v) is 4.26. The highest BCUT2D eigenvalue weighted by atomic mass is 35.5. The molecule has 2 rings (SSSR count). The summed E-state index contributed by atoms with van der Waals surface area (Å²) in [6.07, 6.45) is 3.57. The van der Waals surface area contributed by atoms with Crippen LogP contribution in [0.3, 0.4) is 0 Å². The first kappa shape index (κ1) is 9.30. The van der Waals surface area contributed by atoms with Crippen molar-refractivity contribution in [2.24, 2.45) is 11.8 Å². The lowest BCUT2D eigenvalue weighted by Gasteiger charge is -2.27. The molecule has 1 heterocycles. The Balaban J connectivity index is 0.000000605. The monoisotopic (exact) mass is 177 g/mol. The molecule has 0 unspecified atom stereocenters. The Morgan fingerprint density at radius 3 is 2.73 bits per heavy atom. The zero-order valence-electron chi connectivity index (χ0n) is 6.62. The number of hydrogen-bond donors (Lipinski definition) is 2. The van der Waals surface area contributed by atoms with Crippen molar-refractivity contribution in [1.29, 1.82) is 0 Å². The molecule has 1 saturated heterocycles. The van der Waals surface area contributed by atoms with Gasteiger partial charge in [0.05, 0.1) is 6.10 Å². The minimum Gasteiger partial charge on any atom is -0.393 e. The molecular weight excluding hydrogens is 162 g/mol. The minimum atomic E-state index is -0.00204. The van der Waals surface area contributed by atoms with Crippen LogP contribution in [0.4, 0.5) is 0 Å². The number of halogens is 1. The first-order valence-electron chi connectivity index (χ1n) is 4.26. The van der Waals surface area contributed by atoms with E-state index in [0.717, 1.165) is 25.4 Å². The van der Waals surface area contributed by atoms with Crippen LogP contribution in [0.25, 0.3) is 0 Å². The molecule has 11 heavy (non-hydrogen) atoms. The number of fused-ring (bicyclic) bond motifs is 1. The standard InChI is InChI=1S/C8H15NO.ClH/c10-8-2-1-6-3-4-9-5-7(6)8;/h6-10H,1-5H2;1H/t6-,7+,8+;/m1./s1. The SMILES string of the molecule is Cl.O[C@H]1CC[C@@H]2CCNC[C@@H]21. The van der Waals surface area contributed by atoms with Crippen molar-refractivity contribution in [1.82, 2.24) is 5.32 Å². The molecule has 1 aliphatic carbocycles. The van der Waals surface area contributed by atoms with Crippen LogP contribution >= 0.6 is 12.4 Å². The van der Waals surface area contributed by atoms with E-state index in [-0.39, 0.29) is 18.5 Å². The zero-order valence-corrected chi connectivity index (χ0v) is 7.44. The Morgan fingerprint density at radius 2 is 2.00 bits per heavy atom. The quantitative estimate of drug-likeness (QED) is 0.574. The summed E-state index contributed by atoms with van der Waals surface area (Å²) < 4.78 is 0. The fraction of sp³-hybridized carbons (Fsp3) is 1.00. The predicted octanol–water partition coefficient (Wildman–Crippen LogP) is 0.789. The van der Waals surface area contributed by atoms with Crippen LogP contribution in [-0.2, 0) is 0 Å². The maximum atomic E-state index is 9.48. The predicted molar refractivity (Wildman–Crippen MR) is 47.0 cm³/mol. The van der Waals surface area contributed by atoms with Gasteiger partial charge in [-0.05, 0) is 31.7 Å². The van der Waals surface area contributed by atoms with Crippen LogP contribution in [0, 0.1) is 11.8 Å². The Kier molecular flexibility index (Phi) is 3.16. The van der Waals surface area contributed by atoms with Gasteiger partial charge in [0.15, 0.2) is 0 Å². The molecule has 0 radical (unpaired) electrons. The van der Waals surface area contributed by atoms with Crippen LogP contribution in [0.5, 0.6) is 0 Å². The molecule has 2 N–H and O–H groups in total. The van der Waals surface area contributed by atoms with Crippen LogP contribution in [-0.4, -0.2) is 24.3 Å². The average Bonchev–Trinajstić information content (AvgIpc) is 2.34. The summed E-state index contributed by atoms with van der Waals surface area (Å²) in [4.78, 5) is 0. The Hall–Kier alpha value is 0.210. The maximum absolute atomic E-state index is 9.48. The van der Waals surface area contributed by atoms with Gasteiger partial charge in [-0.3, -0.25) is 0 Å². The smallest absolute Gasteiger partial charge is 0.0583 e. The van der Waals surface area contributed by atoms with Gasteiger partial charge in [-0.25, -0.2) is 0 Å². The van der Waals surface area contributed by atoms with E-state index in [1.54, 1.807) is 0 Å². The van der Waals surface area contributed by atoms with Gasteiger partial charge in [-0.1, -0.05) is 0 Å². The van der Waals surface area contributed by atoms with Crippen LogP contribution in [0.1, 0.15) is 19.3 Å². The van der Waals surface area contributed by atoms with Crippen molar-refractivity contribution in [3.8, 4) is 0 Å². The number of piperidine rings is 1. The van der Waals surface area contributed by atoms with Gasteiger partial charge >= 0.3 is 0 Å². The molecule has 2 aliphatic rings. The number of hydrogen-bond acceptors (Lipinski definition) is 2. The Bertz CT molecular complexity index is 129. The van der Waals surface area contributed by atoms with Gasteiger partial charge < -0.3 is 10.4 Å². The molecule has 0 amide bonds. The highest BCUT2D eigenvalue weighted by Gasteiger charge is 2.35. The van der Waals surface area contributed by atoms with Crippen molar-refractivity contribution in [2.45, 2.75) is 25.4 Å². The number of nitrogens with one attached hydrogen (secondary N) is 1. The highest BCUT2D eigenvalue weighted by molar-refractivity contribution is 5.85. The second-order valence-corrected chi connectivity index (χ2v) is 3.56. The van der Waals surface area contributed by atoms with Gasteiger partial charge in [-0.2, -0.15) is 0 Å². The Labute approximate surface area is 73.8 Å². The third-order valence-electron chi connectivity index (χ3n) is 3.00. The van der Waals surface area contributed by atoms with Gasteiger partial charge in [0.25, 0.3) is 0 Å². The summed E-state index contributed by atoms with van der Waals surface area (Å²) in [5.41, 5.74) is 0. The van der Waals surface area contributed by atoms with Crippen LogP contribution in [0.15, 0.2) is 0 Å². The van der Waals surface area contributed by atoms with E-state index in [1.165, 1.54) is 12.8 Å². The maximum Gasteiger partial charge on any atom is 0.0583 e. The van der Waals surface area contributed by atoms with E-state index in [2.05, 4.69) is 5.32 Å². The van der Waals surface area contributed by atoms with E-state index in [4.69, 9.17) is 0 Å². The molecule has 0 bridgehead atoms. The second kappa shape index (κ2) is 3.74. The van der Waals surface area contributed by atoms with Gasteiger partial charge in [0, 0.05) is 12.5 Å². The third kappa shape index (κ3) is 1.68. The molecule has 0 aromatic rings. The van der Waals surface area contributed by atoms with Crippen molar-refractivity contribution >= 4 is 12.4 Å². The number of rotatable bonds is 0. The molecule has 66 valence electrons. The van der Waals surface area contributed by atoms with Gasteiger partial charge in [0.1, 0.15) is 0 Å². The van der Waals surface area contributed by atoms with Crippen molar-refractivity contribution in [2.75, 3.05) is 13.1 Å². The third-order valence-corrected chi connectivity index (χ3v) is 3.00. The summed E-state index contributed by atoms with van der Waals surface area (Å²) >= 11 is 0. The average molecular weight is 178 g/mol. The largest absolute Gasteiger partial charge is 0.393 e. The lowest BCUT2D eigenvalue weighted by molar-refractivity contribution is 0.104. The molecule has 0 aromatic heterocycles. The second-order valence-electron chi connectivity index (χ2n) is 3.56. The zero-order chi connectivity index (χ0) is 6.97. The van der Waals surface area contributed by atoms with Crippen molar-refractivity contribution in [3.63, 3.8) is 0 Å². The lowest BCUT2D eigenvalue weighted by atomic mass is 9.89. The first-order chi connectivity index (χ1) is 4.88. The minimum absolute atomic E-state index is 0. The topological polar surface area (TPSA) is 32.3 Å². The van der Waals surface area contributed by atoms with E-state index in [0.29, 0.717) is 5.92 Å². The van der Waals surface area contributed by atoms with E-state index in [9.17, 15) is 5.11 Å². The van der Waals surface area contributed by atoms with Crippen molar-refractivity contribution < 1.29 is 5.11 Å². The summed E-state index contributed by atoms with van der Waals surface area (Å²) in [6.45, 7) is 2.21. The molecular formula is C8H16ClNO. The molecule has 0 spiro atoms.